The molecule has 1 amide bonds. The third-order valence-corrected chi connectivity index (χ3v) is 7.46. The summed E-state index contributed by atoms with van der Waals surface area (Å²) in [5.41, 5.74) is 3.05. The van der Waals surface area contributed by atoms with Crippen LogP contribution in [-0.4, -0.2) is 55.3 Å². The SMILES string of the molecule is C#CCOc1ccc2c(c1)[C@@H](c1ccc(F)cc1)N(C(=O)OCC13CCN(CC1)CC3)CC2. The topological polar surface area (TPSA) is 42.0 Å². The van der Waals surface area contributed by atoms with Crippen LogP contribution in [0.5, 0.6) is 5.75 Å². The highest BCUT2D eigenvalue weighted by Gasteiger charge is 2.41. The summed E-state index contributed by atoms with van der Waals surface area (Å²) < 4.78 is 25.3. The van der Waals surface area contributed by atoms with Gasteiger partial charge in [-0.15, -0.1) is 6.42 Å². The minimum Gasteiger partial charge on any atom is -0.481 e. The van der Waals surface area contributed by atoms with Gasteiger partial charge in [-0.05, 0) is 86.3 Å². The number of terminal acetylenes is 1. The van der Waals surface area contributed by atoms with Crippen molar-refractivity contribution < 1.29 is 18.7 Å². The molecular formula is C27H29FN2O3. The van der Waals surface area contributed by atoms with Crippen molar-refractivity contribution in [1.82, 2.24) is 9.80 Å². The van der Waals surface area contributed by atoms with Gasteiger partial charge >= 0.3 is 6.09 Å². The zero-order chi connectivity index (χ0) is 22.8. The molecule has 4 heterocycles. The van der Waals surface area contributed by atoms with E-state index in [1.54, 1.807) is 17.0 Å². The van der Waals surface area contributed by atoms with E-state index in [1.165, 1.54) is 12.1 Å². The molecule has 1 atom stereocenters. The lowest BCUT2D eigenvalue weighted by molar-refractivity contribution is -0.0300. The molecule has 0 aliphatic carbocycles. The Balaban J connectivity index is 1.41. The first-order valence-corrected chi connectivity index (χ1v) is 11.7. The van der Waals surface area contributed by atoms with Crippen molar-refractivity contribution in [3.63, 3.8) is 0 Å². The van der Waals surface area contributed by atoms with Crippen LogP contribution in [-0.2, 0) is 11.2 Å². The van der Waals surface area contributed by atoms with Gasteiger partial charge in [0, 0.05) is 12.0 Å². The first kappa shape index (κ1) is 21.8. The fourth-order valence-corrected chi connectivity index (χ4v) is 5.42. The molecule has 0 aromatic heterocycles. The molecule has 4 aliphatic heterocycles. The van der Waals surface area contributed by atoms with Crippen LogP contribution in [0.25, 0.3) is 0 Å². The molecule has 6 rings (SSSR count). The highest BCUT2D eigenvalue weighted by Crippen LogP contribution is 2.41. The van der Waals surface area contributed by atoms with Gasteiger partial charge in [0.1, 0.15) is 18.2 Å². The monoisotopic (exact) mass is 448 g/mol. The van der Waals surface area contributed by atoms with Crippen LogP contribution in [0, 0.1) is 23.6 Å². The van der Waals surface area contributed by atoms with E-state index in [0.717, 1.165) is 62.0 Å². The minimum absolute atomic E-state index is 0.111. The molecule has 2 bridgehead atoms. The number of hydrogen-bond donors (Lipinski definition) is 0. The van der Waals surface area contributed by atoms with E-state index in [1.807, 2.05) is 18.2 Å². The molecule has 0 radical (unpaired) electrons. The number of amides is 1. The zero-order valence-corrected chi connectivity index (χ0v) is 18.8. The van der Waals surface area contributed by atoms with Gasteiger partial charge in [-0.1, -0.05) is 24.1 Å². The molecule has 33 heavy (non-hydrogen) atoms. The maximum atomic E-state index is 13.7. The standard InChI is InChI=1S/C27H29FN2O3/c1-2-17-32-23-8-5-20-9-13-30(25(24(20)18-23)21-3-6-22(28)7-4-21)26(31)33-19-27-10-14-29(15-11-27)16-12-27/h1,3-8,18,25H,9-17,19H2/t25-/m1/s1. The third kappa shape index (κ3) is 4.43. The van der Waals surface area contributed by atoms with Crippen molar-refractivity contribution in [2.24, 2.45) is 5.41 Å². The largest absolute Gasteiger partial charge is 0.481 e. The maximum Gasteiger partial charge on any atom is 0.410 e. The molecule has 3 saturated heterocycles. The number of ether oxygens (including phenoxy) is 2. The normalized spacial score (nSPS) is 25.8. The van der Waals surface area contributed by atoms with Gasteiger partial charge in [0.15, 0.2) is 0 Å². The predicted molar refractivity (Wildman–Crippen MR) is 123 cm³/mol. The Kier molecular flexibility index (Phi) is 5.99. The average Bonchev–Trinajstić information content (AvgIpc) is 2.87. The number of fused-ring (bicyclic) bond motifs is 4. The minimum atomic E-state index is -0.373. The number of carbonyl (C=O) groups is 1. The fourth-order valence-electron chi connectivity index (χ4n) is 5.42. The molecule has 0 N–H and O–H groups in total. The van der Waals surface area contributed by atoms with Gasteiger partial charge in [-0.25, -0.2) is 9.18 Å². The molecule has 0 saturated carbocycles. The van der Waals surface area contributed by atoms with E-state index >= 15 is 0 Å². The van der Waals surface area contributed by atoms with Crippen molar-refractivity contribution in [2.75, 3.05) is 39.4 Å². The summed E-state index contributed by atoms with van der Waals surface area (Å²) in [7, 11) is 0. The van der Waals surface area contributed by atoms with E-state index in [0.29, 0.717) is 18.9 Å². The summed E-state index contributed by atoms with van der Waals surface area (Å²) in [6.07, 6.45) is 9.00. The van der Waals surface area contributed by atoms with E-state index in [9.17, 15) is 9.18 Å². The van der Waals surface area contributed by atoms with Gasteiger partial charge in [0.05, 0.1) is 12.6 Å². The Bertz CT molecular complexity index is 1040. The molecule has 2 aromatic carbocycles. The first-order valence-electron chi connectivity index (χ1n) is 11.7. The summed E-state index contributed by atoms with van der Waals surface area (Å²) in [4.78, 5) is 17.6. The number of hydrogen-bond acceptors (Lipinski definition) is 4. The van der Waals surface area contributed by atoms with Crippen LogP contribution in [0.1, 0.15) is 42.0 Å². The highest BCUT2D eigenvalue weighted by molar-refractivity contribution is 5.70. The quantitative estimate of drug-likeness (QED) is 0.636. The van der Waals surface area contributed by atoms with Crippen LogP contribution in [0.4, 0.5) is 9.18 Å². The van der Waals surface area contributed by atoms with Gasteiger partial charge in [0.25, 0.3) is 0 Å². The molecule has 172 valence electrons. The van der Waals surface area contributed by atoms with Crippen molar-refractivity contribution in [3.05, 3.63) is 65.0 Å². The second kappa shape index (κ2) is 9.07. The van der Waals surface area contributed by atoms with Crippen molar-refractivity contribution >= 4 is 6.09 Å². The molecule has 3 fully saturated rings. The second-order valence-corrected chi connectivity index (χ2v) is 9.40. The first-order chi connectivity index (χ1) is 16.1. The Morgan fingerprint density at radius 2 is 1.82 bits per heavy atom. The molecule has 0 spiro atoms. The molecular weight excluding hydrogens is 419 g/mol. The summed E-state index contributed by atoms with van der Waals surface area (Å²) in [6, 6.07) is 11.8. The van der Waals surface area contributed by atoms with Crippen molar-refractivity contribution in [1.29, 1.82) is 0 Å². The lowest BCUT2D eigenvalue weighted by Gasteiger charge is -2.48. The smallest absolute Gasteiger partial charge is 0.410 e. The van der Waals surface area contributed by atoms with E-state index < -0.39 is 0 Å². The summed E-state index contributed by atoms with van der Waals surface area (Å²) >= 11 is 0. The Morgan fingerprint density at radius 3 is 2.52 bits per heavy atom. The number of carbonyl (C=O) groups excluding carboxylic acids is 1. The summed E-state index contributed by atoms with van der Waals surface area (Å²) in [6.45, 7) is 4.45. The van der Waals surface area contributed by atoms with E-state index in [2.05, 4.69) is 10.8 Å². The molecule has 4 aliphatic rings. The van der Waals surface area contributed by atoms with Gasteiger partial charge < -0.3 is 14.4 Å². The number of piperidine rings is 3. The van der Waals surface area contributed by atoms with E-state index in [4.69, 9.17) is 15.9 Å². The van der Waals surface area contributed by atoms with E-state index in [-0.39, 0.29) is 30.0 Å². The van der Waals surface area contributed by atoms with Crippen LogP contribution in [0.2, 0.25) is 0 Å². The summed E-state index contributed by atoms with van der Waals surface area (Å²) in [5.74, 6) is 2.83. The number of halogens is 1. The van der Waals surface area contributed by atoms with Gasteiger partial charge in [-0.3, -0.25) is 4.90 Å². The van der Waals surface area contributed by atoms with Crippen LogP contribution in [0.3, 0.4) is 0 Å². The van der Waals surface area contributed by atoms with Gasteiger partial charge in [0.2, 0.25) is 0 Å². The summed E-state index contributed by atoms with van der Waals surface area (Å²) in [5, 5.41) is 0. The van der Waals surface area contributed by atoms with Crippen LogP contribution < -0.4 is 4.74 Å². The van der Waals surface area contributed by atoms with Crippen LogP contribution >= 0.6 is 0 Å². The van der Waals surface area contributed by atoms with Gasteiger partial charge in [-0.2, -0.15) is 0 Å². The lowest BCUT2D eigenvalue weighted by atomic mass is 9.73. The second-order valence-electron chi connectivity index (χ2n) is 9.40. The van der Waals surface area contributed by atoms with Crippen molar-refractivity contribution in [3.8, 4) is 18.1 Å². The Hall–Kier alpha value is -3.04. The fraction of sp³-hybridized carbons (Fsp3) is 0.444. The number of benzene rings is 2. The van der Waals surface area contributed by atoms with Crippen LogP contribution in [0.15, 0.2) is 42.5 Å². The Labute approximate surface area is 194 Å². The predicted octanol–water partition coefficient (Wildman–Crippen LogP) is 4.41. The lowest BCUT2D eigenvalue weighted by Crippen LogP contribution is -2.51. The molecule has 6 heteroatoms. The third-order valence-electron chi connectivity index (χ3n) is 7.46. The Morgan fingerprint density at radius 1 is 1.09 bits per heavy atom. The number of rotatable bonds is 5. The average molecular weight is 449 g/mol. The highest BCUT2D eigenvalue weighted by atomic mass is 19.1. The number of nitrogens with zero attached hydrogens (tertiary/aromatic N) is 2. The molecule has 0 unspecified atom stereocenters. The van der Waals surface area contributed by atoms with Crippen molar-refractivity contribution in [2.45, 2.75) is 31.7 Å². The molecule has 2 aromatic rings. The maximum absolute atomic E-state index is 13.7. The zero-order valence-electron chi connectivity index (χ0n) is 18.8. The molecule has 5 nitrogen and oxygen atoms in total.